The average Bonchev–Trinajstić information content (AvgIpc) is 2.83. The molecule has 3 fully saturated rings. The standard InChI is InChI=1S/C16H18ClNO/c1-8-2-5-11(17)7-12(8)18-16(19)15-13-9-3-4-10(6-9)14(13)15/h2,5,7,9-10,13-15H,3-4,6H2,1H3,(H,18,19)/t9-,10-,13-,14+,15?/m1/s1. The number of fused-ring (bicyclic) bond motifs is 5. The van der Waals surface area contributed by atoms with Crippen LogP contribution in [0.25, 0.3) is 0 Å². The van der Waals surface area contributed by atoms with Crippen molar-refractivity contribution in [2.75, 3.05) is 5.32 Å². The summed E-state index contributed by atoms with van der Waals surface area (Å²) in [4.78, 5) is 12.4. The van der Waals surface area contributed by atoms with Crippen LogP contribution in [0.4, 0.5) is 5.69 Å². The molecule has 1 aromatic rings. The Bertz CT molecular complexity index is 540. The molecule has 5 atom stereocenters. The number of aryl methyl sites for hydroxylation is 1. The quantitative estimate of drug-likeness (QED) is 0.872. The summed E-state index contributed by atoms with van der Waals surface area (Å²) < 4.78 is 0. The van der Waals surface area contributed by atoms with Crippen molar-refractivity contribution in [1.82, 2.24) is 0 Å². The highest BCUT2D eigenvalue weighted by atomic mass is 35.5. The van der Waals surface area contributed by atoms with Gasteiger partial charge < -0.3 is 5.32 Å². The van der Waals surface area contributed by atoms with Crippen molar-refractivity contribution >= 4 is 23.2 Å². The van der Waals surface area contributed by atoms with Crippen molar-refractivity contribution in [1.29, 1.82) is 0 Å². The molecule has 2 bridgehead atoms. The molecule has 0 aromatic heterocycles. The number of nitrogens with one attached hydrogen (secondary N) is 1. The summed E-state index contributed by atoms with van der Waals surface area (Å²) in [5.74, 6) is 3.57. The summed E-state index contributed by atoms with van der Waals surface area (Å²) in [6.07, 6.45) is 4.09. The number of carbonyl (C=O) groups is 1. The van der Waals surface area contributed by atoms with E-state index in [1.54, 1.807) is 0 Å². The summed E-state index contributed by atoms with van der Waals surface area (Å²) in [5, 5.41) is 3.76. The van der Waals surface area contributed by atoms with E-state index >= 15 is 0 Å². The Morgan fingerprint density at radius 2 is 1.95 bits per heavy atom. The Kier molecular flexibility index (Phi) is 2.47. The average molecular weight is 276 g/mol. The van der Waals surface area contributed by atoms with Crippen molar-refractivity contribution < 1.29 is 4.79 Å². The number of halogens is 1. The molecule has 2 nitrogen and oxygen atoms in total. The first-order valence-corrected chi connectivity index (χ1v) is 7.60. The SMILES string of the molecule is Cc1ccc(Cl)cc1NC(=O)C1[C@@H]2[C@@H]3CC[C@H](C3)[C@H]12. The van der Waals surface area contributed by atoms with Gasteiger partial charge in [-0.15, -0.1) is 0 Å². The van der Waals surface area contributed by atoms with Gasteiger partial charge in [-0.3, -0.25) is 4.79 Å². The monoisotopic (exact) mass is 275 g/mol. The molecule has 3 aliphatic rings. The van der Waals surface area contributed by atoms with Gasteiger partial charge in [0.1, 0.15) is 0 Å². The van der Waals surface area contributed by atoms with Gasteiger partial charge in [0, 0.05) is 16.6 Å². The topological polar surface area (TPSA) is 29.1 Å². The summed E-state index contributed by atoms with van der Waals surface area (Å²) in [6, 6.07) is 5.66. The predicted molar refractivity (Wildman–Crippen MR) is 76.1 cm³/mol. The fourth-order valence-corrected chi connectivity index (χ4v) is 4.79. The Labute approximate surface area is 118 Å². The first-order valence-electron chi connectivity index (χ1n) is 7.22. The molecule has 4 rings (SSSR count). The molecule has 1 N–H and O–H groups in total. The second-order valence-corrected chi connectivity index (χ2v) is 6.90. The van der Waals surface area contributed by atoms with Crippen LogP contribution in [0.2, 0.25) is 5.02 Å². The molecule has 19 heavy (non-hydrogen) atoms. The fourth-order valence-electron chi connectivity index (χ4n) is 4.62. The molecular weight excluding hydrogens is 258 g/mol. The van der Waals surface area contributed by atoms with E-state index in [1.165, 1.54) is 19.3 Å². The Morgan fingerprint density at radius 1 is 1.26 bits per heavy atom. The van der Waals surface area contributed by atoms with Crippen LogP contribution < -0.4 is 5.32 Å². The van der Waals surface area contributed by atoms with E-state index in [0.717, 1.165) is 23.1 Å². The van der Waals surface area contributed by atoms with Gasteiger partial charge in [0.25, 0.3) is 0 Å². The summed E-state index contributed by atoms with van der Waals surface area (Å²) >= 11 is 6.00. The molecule has 100 valence electrons. The predicted octanol–water partition coefficient (Wildman–Crippen LogP) is 3.88. The Morgan fingerprint density at radius 3 is 2.63 bits per heavy atom. The second-order valence-electron chi connectivity index (χ2n) is 6.46. The van der Waals surface area contributed by atoms with Crippen molar-refractivity contribution in [3.05, 3.63) is 28.8 Å². The van der Waals surface area contributed by atoms with Gasteiger partial charge in [0.05, 0.1) is 0 Å². The molecule has 3 saturated carbocycles. The molecule has 0 spiro atoms. The molecule has 0 heterocycles. The largest absolute Gasteiger partial charge is 0.326 e. The number of hydrogen-bond donors (Lipinski definition) is 1. The maximum absolute atomic E-state index is 12.4. The fraction of sp³-hybridized carbons (Fsp3) is 0.562. The van der Waals surface area contributed by atoms with E-state index in [9.17, 15) is 4.79 Å². The van der Waals surface area contributed by atoms with Crippen LogP contribution in [0.15, 0.2) is 18.2 Å². The van der Waals surface area contributed by atoms with Gasteiger partial charge in [-0.05, 0) is 67.6 Å². The molecule has 1 aromatic carbocycles. The third-order valence-electron chi connectivity index (χ3n) is 5.50. The van der Waals surface area contributed by atoms with Gasteiger partial charge in [-0.2, -0.15) is 0 Å². The van der Waals surface area contributed by atoms with Crippen molar-refractivity contribution in [3.63, 3.8) is 0 Å². The van der Waals surface area contributed by atoms with Crippen LogP contribution >= 0.6 is 11.6 Å². The number of anilines is 1. The van der Waals surface area contributed by atoms with Crippen LogP contribution in [0.3, 0.4) is 0 Å². The third kappa shape index (κ3) is 1.73. The highest BCUT2D eigenvalue weighted by molar-refractivity contribution is 6.31. The molecule has 1 unspecified atom stereocenters. The summed E-state index contributed by atoms with van der Waals surface area (Å²) in [7, 11) is 0. The molecule has 3 aliphatic carbocycles. The van der Waals surface area contributed by atoms with Crippen LogP contribution in [0, 0.1) is 36.5 Å². The smallest absolute Gasteiger partial charge is 0.228 e. The first kappa shape index (κ1) is 11.8. The van der Waals surface area contributed by atoms with E-state index in [4.69, 9.17) is 11.6 Å². The lowest BCUT2D eigenvalue weighted by Gasteiger charge is -2.11. The normalized spacial score (nSPS) is 38.1. The summed E-state index contributed by atoms with van der Waals surface area (Å²) in [5.41, 5.74) is 1.95. The molecular formula is C16H18ClNO. The van der Waals surface area contributed by atoms with E-state index in [0.29, 0.717) is 16.9 Å². The van der Waals surface area contributed by atoms with Gasteiger partial charge in [0.2, 0.25) is 5.91 Å². The zero-order chi connectivity index (χ0) is 13.1. The highest BCUT2D eigenvalue weighted by Gasteiger charge is 2.67. The van der Waals surface area contributed by atoms with E-state index in [2.05, 4.69) is 5.32 Å². The van der Waals surface area contributed by atoms with Crippen molar-refractivity contribution in [3.8, 4) is 0 Å². The number of benzene rings is 1. The molecule has 3 heteroatoms. The van der Waals surface area contributed by atoms with Gasteiger partial charge in [0.15, 0.2) is 0 Å². The maximum atomic E-state index is 12.4. The van der Waals surface area contributed by atoms with Gasteiger partial charge in [-0.25, -0.2) is 0 Å². The van der Waals surface area contributed by atoms with Gasteiger partial charge >= 0.3 is 0 Å². The number of carbonyl (C=O) groups excluding carboxylic acids is 1. The van der Waals surface area contributed by atoms with E-state index in [1.807, 2.05) is 25.1 Å². The second kappa shape index (κ2) is 3.99. The first-order chi connectivity index (χ1) is 9.15. The molecule has 0 saturated heterocycles. The van der Waals surface area contributed by atoms with Crippen molar-refractivity contribution in [2.24, 2.45) is 29.6 Å². The lowest BCUT2D eigenvalue weighted by Crippen LogP contribution is -2.19. The third-order valence-corrected chi connectivity index (χ3v) is 5.73. The van der Waals surface area contributed by atoms with Crippen LogP contribution in [0.1, 0.15) is 24.8 Å². The minimum absolute atomic E-state index is 0.219. The zero-order valence-corrected chi connectivity index (χ0v) is 11.8. The van der Waals surface area contributed by atoms with Gasteiger partial charge in [-0.1, -0.05) is 17.7 Å². The number of rotatable bonds is 2. The van der Waals surface area contributed by atoms with Crippen molar-refractivity contribution in [2.45, 2.75) is 26.2 Å². The van der Waals surface area contributed by atoms with E-state index in [-0.39, 0.29) is 11.8 Å². The lowest BCUT2D eigenvalue weighted by molar-refractivity contribution is -0.118. The van der Waals surface area contributed by atoms with Crippen LogP contribution in [0.5, 0.6) is 0 Å². The highest BCUT2D eigenvalue weighted by Crippen LogP contribution is 2.69. The minimum atomic E-state index is 0.219. The molecule has 0 aliphatic heterocycles. The Balaban J connectivity index is 1.50. The summed E-state index contributed by atoms with van der Waals surface area (Å²) in [6.45, 7) is 2.00. The number of hydrogen-bond acceptors (Lipinski definition) is 1. The molecule has 1 amide bonds. The number of amides is 1. The zero-order valence-electron chi connectivity index (χ0n) is 11.0. The lowest BCUT2D eigenvalue weighted by atomic mass is 10.0. The minimum Gasteiger partial charge on any atom is -0.326 e. The maximum Gasteiger partial charge on any atom is 0.228 e. The van der Waals surface area contributed by atoms with E-state index < -0.39 is 0 Å². The van der Waals surface area contributed by atoms with Crippen LogP contribution in [-0.4, -0.2) is 5.91 Å². The van der Waals surface area contributed by atoms with Crippen LogP contribution in [-0.2, 0) is 4.79 Å². The Hall–Kier alpha value is -1.02. The molecule has 0 radical (unpaired) electrons.